The highest BCUT2D eigenvalue weighted by molar-refractivity contribution is 6.30. The van der Waals surface area contributed by atoms with Gasteiger partial charge in [-0.1, -0.05) is 42.8 Å². The van der Waals surface area contributed by atoms with E-state index in [2.05, 4.69) is 0 Å². The van der Waals surface area contributed by atoms with Crippen LogP contribution in [0.15, 0.2) is 48.5 Å². The molecule has 0 aliphatic rings. The fraction of sp³-hybridized carbons (Fsp3) is 0.300. The van der Waals surface area contributed by atoms with Crippen LogP contribution in [0.2, 0.25) is 5.02 Å². The maximum absolute atomic E-state index is 13.1. The summed E-state index contributed by atoms with van der Waals surface area (Å²) in [5.41, 5.74) is 1.73. The molecule has 138 valence electrons. The Bertz CT molecular complexity index is 747. The Morgan fingerprint density at radius 1 is 1.12 bits per heavy atom. The first-order valence-electron chi connectivity index (χ1n) is 8.23. The predicted molar refractivity (Wildman–Crippen MR) is 98.3 cm³/mol. The fourth-order valence-corrected chi connectivity index (χ4v) is 2.69. The number of benzene rings is 2. The minimum atomic E-state index is -0.484. The van der Waals surface area contributed by atoms with Gasteiger partial charge in [-0.25, -0.2) is 4.39 Å². The van der Waals surface area contributed by atoms with E-state index in [1.165, 1.54) is 24.1 Å². The second kappa shape index (κ2) is 9.34. The Balaban J connectivity index is 2.09. The topological polar surface area (TPSA) is 46.6 Å². The van der Waals surface area contributed by atoms with Crippen LogP contribution in [0, 0.1) is 5.82 Å². The minimum Gasteiger partial charge on any atom is -0.468 e. The van der Waals surface area contributed by atoms with E-state index >= 15 is 0 Å². The number of hydrogen-bond acceptors (Lipinski definition) is 3. The second-order valence-corrected chi connectivity index (χ2v) is 6.55. The van der Waals surface area contributed by atoms with Gasteiger partial charge in [-0.15, -0.1) is 0 Å². The molecular formula is C20H21ClFNO3. The van der Waals surface area contributed by atoms with E-state index in [1.54, 1.807) is 24.3 Å². The minimum absolute atomic E-state index is 0.103. The van der Waals surface area contributed by atoms with Crippen LogP contribution in [-0.2, 0) is 20.9 Å². The Morgan fingerprint density at radius 2 is 1.73 bits per heavy atom. The second-order valence-electron chi connectivity index (χ2n) is 6.11. The summed E-state index contributed by atoms with van der Waals surface area (Å²) in [7, 11) is 1.29. The number of carbonyl (C=O) groups excluding carboxylic acids is 2. The van der Waals surface area contributed by atoms with E-state index in [4.69, 9.17) is 16.3 Å². The molecule has 2 aromatic carbocycles. The van der Waals surface area contributed by atoms with Gasteiger partial charge in [0.15, 0.2) is 0 Å². The molecule has 0 bridgehead atoms. The van der Waals surface area contributed by atoms with Gasteiger partial charge >= 0.3 is 5.97 Å². The van der Waals surface area contributed by atoms with Gasteiger partial charge in [0, 0.05) is 18.0 Å². The summed E-state index contributed by atoms with van der Waals surface area (Å²) < 4.78 is 17.8. The smallest absolute Gasteiger partial charge is 0.325 e. The van der Waals surface area contributed by atoms with Crippen molar-refractivity contribution in [1.29, 1.82) is 0 Å². The van der Waals surface area contributed by atoms with Crippen molar-refractivity contribution in [2.24, 2.45) is 0 Å². The Kier molecular flexibility index (Phi) is 7.16. The molecule has 0 saturated heterocycles. The number of ether oxygens (including phenoxy) is 1. The molecule has 0 N–H and O–H groups in total. The van der Waals surface area contributed by atoms with Crippen molar-refractivity contribution in [3.63, 3.8) is 0 Å². The molecule has 6 heteroatoms. The summed E-state index contributed by atoms with van der Waals surface area (Å²) >= 11 is 5.88. The van der Waals surface area contributed by atoms with Crippen molar-refractivity contribution < 1.29 is 18.7 Å². The van der Waals surface area contributed by atoms with E-state index in [0.29, 0.717) is 5.02 Å². The first kappa shape index (κ1) is 19.9. The maximum Gasteiger partial charge on any atom is 0.325 e. The first-order valence-corrected chi connectivity index (χ1v) is 8.61. The molecule has 2 rings (SSSR count). The van der Waals surface area contributed by atoms with Crippen molar-refractivity contribution in [2.75, 3.05) is 13.7 Å². The van der Waals surface area contributed by atoms with Crippen LogP contribution in [0.3, 0.4) is 0 Å². The lowest BCUT2D eigenvalue weighted by atomic mass is 9.97. The van der Waals surface area contributed by atoms with Gasteiger partial charge in [0.2, 0.25) is 5.91 Å². The number of rotatable bonds is 7. The van der Waals surface area contributed by atoms with Crippen LogP contribution in [0.25, 0.3) is 0 Å². The number of halogens is 2. The molecule has 26 heavy (non-hydrogen) atoms. The lowest BCUT2D eigenvalue weighted by Gasteiger charge is -2.23. The van der Waals surface area contributed by atoms with E-state index in [9.17, 15) is 14.0 Å². The van der Waals surface area contributed by atoms with Crippen molar-refractivity contribution in [3.8, 4) is 0 Å². The number of nitrogens with zero attached hydrogens (tertiary/aromatic N) is 1. The van der Waals surface area contributed by atoms with Crippen molar-refractivity contribution in [2.45, 2.75) is 25.8 Å². The highest BCUT2D eigenvalue weighted by Gasteiger charge is 2.21. The molecule has 0 aliphatic carbocycles. The number of methoxy groups -OCH3 is 1. The Labute approximate surface area is 157 Å². The summed E-state index contributed by atoms with van der Waals surface area (Å²) in [5.74, 6) is -1.08. The third-order valence-electron chi connectivity index (χ3n) is 4.11. The number of carbonyl (C=O) groups is 2. The van der Waals surface area contributed by atoms with Crippen LogP contribution in [0.5, 0.6) is 0 Å². The zero-order chi connectivity index (χ0) is 19.1. The van der Waals surface area contributed by atoms with E-state index in [1.807, 2.05) is 19.1 Å². The van der Waals surface area contributed by atoms with E-state index in [0.717, 1.165) is 11.1 Å². The van der Waals surface area contributed by atoms with E-state index in [-0.39, 0.29) is 37.2 Å². The highest BCUT2D eigenvalue weighted by atomic mass is 35.5. The summed E-state index contributed by atoms with van der Waals surface area (Å²) in [6, 6.07) is 13.2. The Hall–Kier alpha value is -2.40. The molecular weight excluding hydrogens is 357 g/mol. The molecule has 4 nitrogen and oxygen atoms in total. The molecule has 1 amide bonds. The summed E-state index contributed by atoms with van der Waals surface area (Å²) in [4.78, 5) is 25.9. The predicted octanol–water partition coefficient (Wildman–Crippen LogP) is 4.17. The number of esters is 1. The van der Waals surface area contributed by atoms with Crippen molar-refractivity contribution in [3.05, 3.63) is 70.5 Å². The monoisotopic (exact) mass is 377 g/mol. The average molecular weight is 378 g/mol. The van der Waals surface area contributed by atoms with Gasteiger partial charge in [0.1, 0.15) is 12.4 Å². The fourth-order valence-electron chi connectivity index (χ4n) is 2.56. The Morgan fingerprint density at radius 3 is 2.31 bits per heavy atom. The summed E-state index contributed by atoms with van der Waals surface area (Å²) in [6.07, 6.45) is 0.205. The molecule has 0 radical (unpaired) electrons. The third kappa shape index (κ3) is 5.85. The molecule has 0 fully saturated rings. The van der Waals surface area contributed by atoms with Crippen LogP contribution in [-0.4, -0.2) is 30.4 Å². The standard InChI is InChI=1S/C20H21ClFNO3/c1-14(16-5-9-18(22)10-6-16)11-19(24)23(13-20(25)26-2)12-15-3-7-17(21)8-4-15/h3-10,14H,11-13H2,1-2H3. The molecule has 1 unspecified atom stereocenters. The van der Waals surface area contributed by atoms with Crippen molar-refractivity contribution >= 4 is 23.5 Å². The van der Waals surface area contributed by atoms with Crippen LogP contribution >= 0.6 is 11.6 Å². The number of amides is 1. The van der Waals surface area contributed by atoms with Gasteiger partial charge < -0.3 is 9.64 Å². The van der Waals surface area contributed by atoms with E-state index < -0.39 is 5.97 Å². The zero-order valence-corrected chi connectivity index (χ0v) is 15.5. The van der Waals surface area contributed by atoms with Gasteiger partial charge in [0.05, 0.1) is 7.11 Å². The third-order valence-corrected chi connectivity index (χ3v) is 4.36. The summed E-state index contributed by atoms with van der Waals surface area (Å²) in [6.45, 7) is 2.04. The van der Waals surface area contributed by atoms with Crippen LogP contribution in [0.4, 0.5) is 4.39 Å². The van der Waals surface area contributed by atoms with Gasteiger partial charge in [-0.3, -0.25) is 9.59 Å². The zero-order valence-electron chi connectivity index (χ0n) is 14.7. The molecule has 0 aromatic heterocycles. The summed E-state index contributed by atoms with van der Waals surface area (Å²) in [5, 5.41) is 0.601. The van der Waals surface area contributed by atoms with Gasteiger partial charge in [0.25, 0.3) is 0 Å². The SMILES string of the molecule is COC(=O)CN(Cc1ccc(Cl)cc1)C(=O)CC(C)c1ccc(F)cc1. The molecule has 0 aliphatic heterocycles. The van der Waals surface area contributed by atoms with Gasteiger partial charge in [-0.05, 0) is 41.3 Å². The largest absolute Gasteiger partial charge is 0.468 e. The van der Waals surface area contributed by atoms with Crippen LogP contribution in [0.1, 0.15) is 30.4 Å². The molecule has 0 saturated carbocycles. The molecule has 0 heterocycles. The lowest BCUT2D eigenvalue weighted by Crippen LogP contribution is -2.36. The normalized spacial score (nSPS) is 11.7. The number of hydrogen-bond donors (Lipinski definition) is 0. The molecule has 1 atom stereocenters. The quantitative estimate of drug-likeness (QED) is 0.680. The lowest BCUT2D eigenvalue weighted by molar-refractivity contribution is -0.147. The van der Waals surface area contributed by atoms with Crippen LogP contribution < -0.4 is 0 Å². The van der Waals surface area contributed by atoms with Gasteiger partial charge in [-0.2, -0.15) is 0 Å². The maximum atomic E-state index is 13.1. The molecule has 0 spiro atoms. The average Bonchev–Trinajstić information content (AvgIpc) is 2.63. The van der Waals surface area contributed by atoms with Crippen molar-refractivity contribution in [1.82, 2.24) is 4.90 Å². The highest BCUT2D eigenvalue weighted by Crippen LogP contribution is 2.21. The molecule has 2 aromatic rings. The first-order chi connectivity index (χ1) is 12.4.